The van der Waals surface area contributed by atoms with Crippen LogP contribution >= 0.6 is 11.6 Å². The van der Waals surface area contributed by atoms with Gasteiger partial charge >= 0.3 is 0 Å². The molecular weight excluding hydrogens is 285 g/mol. The minimum atomic E-state index is -0.817. The molecule has 1 aromatic carbocycles. The third-order valence-corrected chi connectivity index (χ3v) is 3.27. The van der Waals surface area contributed by atoms with Gasteiger partial charge in [-0.25, -0.2) is 4.39 Å². The summed E-state index contributed by atoms with van der Waals surface area (Å²) in [5, 5.41) is 13.9. The molecule has 5 nitrogen and oxygen atoms in total. The van der Waals surface area contributed by atoms with Crippen molar-refractivity contribution < 1.29 is 9.31 Å². The van der Waals surface area contributed by atoms with Gasteiger partial charge in [0, 0.05) is 12.1 Å². The lowest BCUT2D eigenvalue weighted by atomic mass is 9.90. The maximum Gasteiger partial charge on any atom is 0.295 e. The van der Waals surface area contributed by atoms with Gasteiger partial charge in [0.2, 0.25) is 0 Å². The molecular formula is C13H19ClFN3O2. The molecule has 3 N–H and O–H groups in total. The van der Waals surface area contributed by atoms with E-state index in [1.165, 1.54) is 6.07 Å². The van der Waals surface area contributed by atoms with Crippen molar-refractivity contribution in [2.24, 2.45) is 11.7 Å². The molecule has 0 saturated heterocycles. The highest BCUT2D eigenvalue weighted by Gasteiger charge is 2.28. The van der Waals surface area contributed by atoms with Gasteiger partial charge in [0.25, 0.3) is 5.69 Å². The van der Waals surface area contributed by atoms with Crippen molar-refractivity contribution in [3.8, 4) is 0 Å². The van der Waals surface area contributed by atoms with Crippen LogP contribution in [0.15, 0.2) is 12.1 Å². The van der Waals surface area contributed by atoms with E-state index in [4.69, 9.17) is 17.3 Å². The molecule has 0 amide bonds. The Kier molecular flexibility index (Phi) is 5.30. The van der Waals surface area contributed by atoms with Crippen LogP contribution in [0.3, 0.4) is 0 Å². The summed E-state index contributed by atoms with van der Waals surface area (Å²) in [6.45, 7) is 6.22. The van der Waals surface area contributed by atoms with Crippen LogP contribution in [0.5, 0.6) is 0 Å². The number of nitro groups is 1. The number of nitrogens with one attached hydrogen (secondary N) is 1. The molecule has 7 heteroatoms. The van der Waals surface area contributed by atoms with Gasteiger partial charge < -0.3 is 11.1 Å². The van der Waals surface area contributed by atoms with Crippen LogP contribution in [0.4, 0.5) is 15.8 Å². The van der Waals surface area contributed by atoms with Crippen LogP contribution in [0.2, 0.25) is 5.02 Å². The number of hydrogen-bond acceptors (Lipinski definition) is 4. The first kappa shape index (κ1) is 16.7. The SMILES string of the molecule is CC(C)CC(C)(CN)Nc1cc(Cl)c(F)cc1[N+](=O)[O-]. The topological polar surface area (TPSA) is 81.2 Å². The molecule has 0 bridgehead atoms. The van der Waals surface area contributed by atoms with E-state index in [1.807, 2.05) is 20.8 Å². The molecule has 0 spiro atoms. The molecule has 1 aromatic rings. The van der Waals surface area contributed by atoms with Gasteiger partial charge in [-0.1, -0.05) is 25.4 Å². The quantitative estimate of drug-likeness (QED) is 0.622. The van der Waals surface area contributed by atoms with E-state index in [-0.39, 0.29) is 22.9 Å². The Labute approximate surface area is 122 Å². The molecule has 0 heterocycles. The fraction of sp³-hybridized carbons (Fsp3) is 0.538. The average molecular weight is 304 g/mol. The monoisotopic (exact) mass is 303 g/mol. The molecule has 20 heavy (non-hydrogen) atoms. The summed E-state index contributed by atoms with van der Waals surface area (Å²) >= 11 is 5.70. The molecule has 0 aromatic heterocycles. The largest absolute Gasteiger partial charge is 0.373 e. The summed E-state index contributed by atoms with van der Waals surface area (Å²) in [6.07, 6.45) is 0.718. The van der Waals surface area contributed by atoms with E-state index in [1.54, 1.807) is 0 Å². The van der Waals surface area contributed by atoms with Crippen molar-refractivity contribution in [1.29, 1.82) is 0 Å². The fourth-order valence-corrected chi connectivity index (χ4v) is 2.36. The van der Waals surface area contributed by atoms with Crippen molar-refractivity contribution >= 4 is 23.0 Å². The Hall–Kier alpha value is -1.40. The number of hydrogen-bond donors (Lipinski definition) is 2. The summed E-state index contributed by atoms with van der Waals surface area (Å²) < 4.78 is 13.4. The molecule has 0 aliphatic heterocycles. The van der Waals surface area contributed by atoms with Gasteiger partial charge in [-0.15, -0.1) is 0 Å². The van der Waals surface area contributed by atoms with Crippen molar-refractivity contribution in [3.05, 3.63) is 33.1 Å². The summed E-state index contributed by atoms with van der Waals surface area (Å²) in [4.78, 5) is 10.4. The lowest BCUT2D eigenvalue weighted by Crippen LogP contribution is -2.43. The smallest absolute Gasteiger partial charge is 0.295 e. The third kappa shape index (κ3) is 4.05. The Bertz CT molecular complexity index is 511. The number of anilines is 1. The molecule has 0 saturated carbocycles. The van der Waals surface area contributed by atoms with Crippen molar-refractivity contribution in [3.63, 3.8) is 0 Å². The highest BCUT2D eigenvalue weighted by molar-refractivity contribution is 6.31. The summed E-state index contributed by atoms with van der Waals surface area (Å²) in [6, 6.07) is 2.04. The van der Waals surface area contributed by atoms with Crippen LogP contribution in [-0.4, -0.2) is 17.0 Å². The number of benzene rings is 1. The van der Waals surface area contributed by atoms with Crippen LogP contribution in [-0.2, 0) is 0 Å². The van der Waals surface area contributed by atoms with E-state index in [0.29, 0.717) is 5.92 Å². The Morgan fingerprint density at radius 2 is 2.15 bits per heavy atom. The maximum atomic E-state index is 13.4. The zero-order valence-corrected chi connectivity index (χ0v) is 12.5. The van der Waals surface area contributed by atoms with Crippen molar-refractivity contribution in [2.45, 2.75) is 32.7 Å². The molecule has 0 radical (unpaired) electrons. The summed E-state index contributed by atoms with van der Waals surface area (Å²) in [7, 11) is 0. The molecule has 1 atom stereocenters. The number of nitro benzene ring substituents is 1. The first-order valence-corrected chi connectivity index (χ1v) is 6.68. The van der Waals surface area contributed by atoms with Crippen LogP contribution < -0.4 is 11.1 Å². The normalized spacial score (nSPS) is 14.2. The minimum absolute atomic E-state index is 0.165. The molecule has 0 aliphatic rings. The standard InChI is InChI=1S/C13H19ClFN3O2/c1-8(2)6-13(3,7-16)17-11-4-9(14)10(15)5-12(11)18(19)20/h4-5,8,17H,6-7,16H2,1-3H3. The highest BCUT2D eigenvalue weighted by atomic mass is 35.5. The van der Waals surface area contributed by atoms with Crippen LogP contribution in [0.1, 0.15) is 27.2 Å². The van der Waals surface area contributed by atoms with Gasteiger partial charge in [0.05, 0.1) is 16.0 Å². The van der Waals surface area contributed by atoms with Crippen molar-refractivity contribution in [2.75, 3.05) is 11.9 Å². The van der Waals surface area contributed by atoms with E-state index in [0.717, 1.165) is 12.5 Å². The first-order chi connectivity index (χ1) is 9.18. The minimum Gasteiger partial charge on any atom is -0.373 e. The average Bonchev–Trinajstić information content (AvgIpc) is 2.32. The number of rotatable bonds is 6. The number of nitrogens with two attached hydrogens (primary N) is 1. The highest BCUT2D eigenvalue weighted by Crippen LogP contribution is 2.33. The fourth-order valence-electron chi connectivity index (χ4n) is 2.20. The Morgan fingerprint density at radius 1 is 1.55 bits per heavy atom. The van der Waals surface area contributed by atoms with E-state index >= 15 is 0 Å². The molecule has 0 aliphatic carbocycles. The lowest BCUT2D eigenvalue weighted by Gasteiger charge is -2.32. The zero-order chi connectivity index (χ0) is 15.5. The lowest BCUT2D eigenvalue weighted by molar-refractivity contribution is -0.384. The van der Waals surface area contributed by atoms with Crippen LogP contribution in [0.25, 0.3) is 0 Å². The molecule has 1 unspecified atom stereocenters. The van der Waals surface area contributed by atoms with Gasteiger partial charge in [-0.2, -0.15) is 0 Å². The zero-order valence-electron chi connectivity index (χ0n) is 11.7. The van der Waals surface area contributed by atoms with Gasteiger partial charge in [-0.3, -0.25) is 10.1 Å². The molecule has 1 rings (SSSR count). The van der Waals surface area contributed by atoms with Crippen LogP contribution in [0, 0.1) is 21.8 Å². The second kappa shape index (κ2) is 6.37. The summed E-state index contributed by atoms with van der Waals surface area (Å²) in [5.41, 5.74) is 5.05. The van der Waals surface area contributed by atoms with Gasteiger partial charge in [-0.05, 0) is 25.3 Å². The van der Waals surface area contributed by atoms with Gasteiger partial charge in [0.15, 0.2) is 0 Å². The first-order valence-electron chi connectivity index (χ1n) is 6.30. The van der Waals surface area contributed by atoms with Gasteiger partial charge in [0.1, 0.15) is 11.5 Å². The van der Waals surface area contributed by atoms with E-state index in [9.17, 15) is 14.5 Å². The Morgan fingerprint density at radius 3 is 2.60 bits per heavy atom. The second-order valence-electron chi connectivity index (χ2n) is 5.53. The number of halogens is 2. The molecule has 112 valence electrons. The predicted molar refractivity (Wildman–Crippen MR) is 78.6 cm³/mol. The van der Waals surface area contributed by atoms with E-state index in [2.05, 4.69) is 5.32 Å². The summed E-state index contributed by atoms with van der Waals surface area (Å²) in [5.74, 6) is -0.465. The Balaban J connectivity index is 3.18. The molecule has 0 fully saturated rings. The van der Waals surface area contributed by atoms with Crippen molar-refractivity contribution in [1.82, 2.24) is 0 Å². The number of nitrogens with zero attached hydrogens (tertiary/aromatic N) is 1. The third-order valence-electron chi connectivity index (χ3n) is 2.98. The maximum absolute atomic E-state index is 13.4. The van der Waals surface area contributed by atoms with E-state index < -0.39 is 16.3 Å². The predicted octanol–water partition coefficient (Wildman–Crippen LogP) is 3.56. The second-order valence-corrected chi connectivity index (χ2v) is 5.94.